The van der Waals surface area contributed by atoms with Crippen LogP contribution in [0.3, 0.4) is 0 Å². The molecule has 0 aliphatic carbocycles. The van der Waals surface area contributed by atoms with Crippen molar-refractivity contribution in [2.75, 3.05) is 37.1 Å². The summed E-state index contributed by atoms with van der Waals surface area (Å²) in [5.41, 5.74) is -0.262. The number of ether oxygens (including phenoxy) is 2. The molecule has 0 bridgehead atoms. The van der Waals surface area contributed by atoms with E-state index >= 15 is 4.39 Å². The lowest BCUT2D eigenvalue weighted by atomic mass is 10.0. The van der Waals surface area contributed by atoms with E-state index in [0.29, 0.717) is 35.0 Å². The number of carbonyl (C=O) groups is 4. The lowest BCUT2D eigenvalue weighted by Crippen LogP contribution is -2.50. The molecule has 0 saturated carbocycles. The van der Waals surface area contributed by atoms with Gasteiger partial charge in [0.15, 0.2) is 0 Å². The molecule has 0 heterocycles. The molecule has 4 amide bonds. The number of methoxy groups -OCH3 is 2. The van der Waals surface area contributed by atoms with E-state index in [0.717, 1.165) is 42.5 Å². The fourth-order valence-corrected chi connectivity index (χ4v) is 6.45. The topological polar surface area (TPSA) is 117 Å². The van der Waals surface area contributed by atoms with E-state index in [2.05, 4.69) is 23.8 Å². The highest BCUT2D eigenvalue weighted by Crippen LogP contribution is 2.24. The zero-order valence-electron chi connectivity index (χ0n) is 33.1. The molecule has 0 aromatic heterocycles. The minimum atomic E-state index is -1.55. The number of benzene rings is 5. The number of hydrogen-bond acceptors (Lipinski definition) is 6. The number of nitrogens with zero attached hydrogens (tertiary/aromatic N) is 2. The van der Waals surface area contributed by atoms with Crippen LogP contribution in [0.25, 0.3) is 0 Å². The number of rotatable bonds is 18. The molecule has 1 unspecified atom stereocenters. The van der Waals surface area contributed by atoms with Crippen LogP contribution in [0.4, 0.5) is 33.3 Å². The van der Waals surface area contributed by atoms with Crippen molar-refractivity contribution >= 4 is 35.0 Å². The average molecular weight is 841 g/mol. The maximum absolute atomic E-state index is 15.5. The summed E-state index contributed by atoms with van der Waals surface area (Å²) >= 11 is 0. The number of carbonyl (C=O) groups excluding carboxylic acids is 4. The summed E-state index contributed by atoms with van der Waals surface area (Å²) in [6, 6.07) is 17.7. The molecule has 0 spiro atoms. The molecule has 0 fully saturated rings. The third-order valence-corrected chi connectivity index (χ3v) is 9.33. The maximum atomic E-state index is 15.5. The first-order chi connectivity index (χ1) is 29.2. The van der Waals surface area contributed by atoms with Crippen LogP contribution in [0.5, 0.6) is 11.5 Å². The van der Waals surface area contributed by atoms with Gasteiger partial charge in [0, 0.05) is 55.0 Å². The van der Waals surface area contributed by atoms with Crippen molar-refractivity contribution in [1.29, 1.82) is 0 Å². The van der Waals surface area contributed by atoms with E-state index in [-0.39, 0.29) is 29.8 Å². The van der Waals surface area contributed by atoms with Gasteiger partial charge in [0.25, 0.3) is 11.8 Å². The Morgan fingerprint density at radius 2 is 0.967 bits per heavy atom. The van der Waals surface area contributed by atoms with Gasteiger partial charge >= 0.3 is 0 Å². The monoisotopic (exact) mass is 840 g/mol. The van der Waals surface area contributed by atoms with E-state index in [1.165, 1.54) is 36.2 Å². The van der Waals surface area contributed by atoms with Gasteiger partial charge in [0.1, 0.15) is 52.7 Å². The Bertz CT molecular complexity index is 2370. The maximum Gasteiger partial charge on any atom is 0.254 e. The molecule has 0 saturated heterocycles. The third kappa shape index (κ3) is 11.7. The SMILES string of the molecule is C=CCN(C(=O)C(Cc1cc(F)cc(F)c1)NC(=O)c1cc(C(=O)N[C@@H](Cc2cc(F)cc(F)c2)C(=O)N(CC=C)c2ccc(OC)cc2)ccc1F)c1ccc(OC)cc1. The molecule has 5 aromatic rings. The molecule has 0 aliphatic rings. The Kier molecular flexibility index (Phi) is 15.1. The summed E-state index contributed by atoms with van der Waals surface area (Å²) in [6.07, 6.45) is 2.02. The fraction of sp³-hybridized carbons (Fsp3) is 0.174. The van der Waals surface area contributed by atoms with E-state index in [1.807, 2.05) is 0 Å². The van der Waals surface area contributed by atoms with Gasteiger partial charge in [-0.1, -0.05) is 12.2 Å². The first kappa shape index (κ1) is 44.8. The summed E-state index contributed by atoms with van der Waals surface area (Å²) in [5.74, 6) is -7.45. The standard InChI is InChI=1S/C46H41F5N4O6/c1-5-17-54(35-8-12-37(60-3)13-9-35)45(58)41(23-28-19-31(47)26-32(48)20-28)52-43(56)30-7-16-40(51)39(25-30)44(57)53-42(24-29-21-33(49)27-34(50)22-29)46(59)55(18-6-2)36-10-14-38(61-4)15-11-36/h5-16,19-22,25-27,41-42H,1-2,17-18,23-24H2,3-4H3,(H,52,56)(H,53,57)/t41-,42?/m0/s1. The van der Waals surface area contributed by atoms with Gasteiger partial charge in [-0.05, 0) is 102 Å². The molecule has 15 heteroatoms. The first-order valence-corrected chi connectivity index (χ1v) is 18.7. The van der Waals surface area contributed by atoms with Gasteiger partial charge in [0.2, 0.25) is 11.8 Å². The van der Waals surface area contributed by atoms with E-state index in [4.69, 9.17) is 9.47 Å². The molecular formula is C46H41F5N4O6. The first-order valence-electron chi connectivity index (χ1n) is 18.7. The minimum absolute atomic E-state index is 0.00735. The molecule has 2 N–H and O–H groups in total. The lowest BCUT2D eigenvalue weighted by Gasteiger charge is -2.28. The second kappa shape index (κ2) is 20.6. The van der Waals surface area contributed by atoms with Crippen LogP contribution in [-0.2, 0) is 22.4 Å². The smallest absolute Gasteiger partial charge is 0.254 e. The zero-order chi connectivity index (χ0) is 44.2. The van der Waals surface area contributed by atoms with E-state index in [1.54, 1.807) is 48.5 Å². The van der Waals surface area contributed by atoms with Gasteiger partial charge < -0.3 is 29.9 Å². The van der Waals surface area contributed by atoms with Crippen LogP contribution < -0.4 is 29.9 Å². The van der Waals surface area contributed by atoms with Gasteiger partial charge in [-0.25, -0.2) is 22.0 Å². The molecule has 5 rings (SSSR count). The molecule has 0 aliphatic heterocycles. The summed E-state index contributed by atoms with van der Waals surface area (Å²) in [5, 5.41) is 5.02. The largest absolute Gasteiger partial charge is 0.497 e. The van der Waals surface area contributed by atoms with Crippen LogP contribution in [0, 0.1) is 29.1 Å². The number of amides is 4. The van der Waals surface area contributed by atoms with Crippen LogP contribution >= 0.6 is 0 Å². The van der Waals surface area contributed by atoms with Crippen molar-refractivity contribution in [3.63, 3.8) is 0 Å². The number of nitrogens with one attached hydrogen (secondary N) is 2. The van der Waals surface area contributed by atoms with Crippen molar-refractivity contribution in [2.24, 2.45) is 0 Å². The molecule has 316 valence electrons. The number of anilines is 2. The van der Waals surface area contributed by atoms with Crippen molar-refractivity contribution in [3.8, 4) is 11.5 Å². The summed E-state index contributed by atoms with van der Waals surface area (Å²) < 4.78 is 83.1. The predicted molar refractivity (Wildman–Crippen MR) is 220 cm³/mol. The average Bonchev–Trinajstić information content (AvgIpc) is 3.23. The number of hydrogen-bond donors (Lipinski definition) is 2. The van der Waals surface area contributed by atoms with Gasteiger partial charge in [0.05, 0.1) is 19.8 Å². The Balaban J connectivity index is 1.47. The van der Waals surface area contributed by atoms with Gasteiger partial charge in [-0.2, -0.15) is 0 Å². The fourth-order valence-electron chi connectivity index (χ4n) is 6.45. The second-order valence-corrected chi connectivity index (χ2v) is 13.6. The van der Waals surface area contributed by atoms with Crippen LogP contribution in [0.2, 0.25) is 0 Å². The lowest BCUT2D eigenvalue weighted by molar-refractivity contribution is -0.121. The van der Waals surface area contributed by atoms with Crippen LogP contribution in [0.15, 0.2) is 128 Å². The third-order valence-electron chi connectivity index (χ3n) is 9.33. The van der Waals surface area contributed by atoms with E-state index in [9.17, 15) is 36.7 Å². The molecule has 5 aromatic carbocycles. The number of halogens is 5. The Labute approximate surface area is 348 Å². The van der Waals surface area contributed by atoms with Crippen LogP contribution in [0.1, 0.15) is 31.8 Å². The second-order valence-electron chi connectivity index (χ2n) is 13.6. The van der Waals surface area contributed by atoms with Crippen LogP contribution in [-0.4, -0.2) is 63.0 Å². The van der Waals surface area contributed by atoms with E-state index < -0.39 is 83.2 Å². The van der Waals surface area contributed by atoms with Gasteiger partial charge in [-0.3, -0.25) is 19.2 Å². The minimum Gasteiger partial charge on any atom is -0.497 e. The summed E-state index contributed by atoms with van der Waals surface area (Å²) in [4.78, 5) is 58.7. The molecule has 61 heavy (non-hydrogen) atoms. The summed E-state index contributed by atoms with van der Waals surface area (Å²) in [7, 11) is 2.92. The highest BCUT2D eigenvalue weighted by Gasteiger charge is 2.31. The van der Waals surface area contributed by atoms with Crippen molar-refractivity contribution in [1.82, 2.24) is 10.6 Å². The Morgan fingerprint density at radius 3 is 1.34 bits per heavy atom. The van der Waals surface area contributed by atoms with Crippen molar-refractivity contribution < 1.29 is 50.6 Å². The van der Waals surface area contributed by atoms with Crippen molar-refractivity contribution in [2.45, 2.75) is 24.9 Å². The zero-order valence-corrected chi connectivity index (χ0v) is 33.1. The highest BCUT2D eigenvalue weighted by atomic mass is 19.1. The summed E-state index contributed by atoms with van der Waals surface area (Å²) in [6.45, 7) is 7.30. The van der Waals surface area contributed by atoms with Gasteiger partial charge in [-0.15, -0.1) is 13.2 Å². The Hall–Kier alpha value is -7.29. The molecule has 2 atom stereocenters. The highest BCUT2D eigenvalue weighted by molar-refractivity contribution is 6.06. The quantitative estimate of drug-likeness (QED) is 0.0697. The van der Waals surface area contributed by atoms with Crippen molar-refractivity contribution in [3.05, 3.63) is 180 Å². The molecule has 0 radical (unpaired) electrons. The molecule has 10 nitrogen and oxygen atoms in total. The normalized spacial score (nSPS) is 11.7. The molecular weight excluding hydrogens is 800 g/mol. The Morgan fingerprint density at radius 1 is 0.574 bits per heavy atom. The predicted octanol–water partition coefficient (Wildman–Crippen LogP) is 7.52.